The van der Waals surface area contributed by atoms with Crippen molar-refractivity contribution in [1.82, 2.24) is 0 Å². The summed E-state index contributed by atoms with van der Waals surface area (Å²) in [5.41, 5.74) is 1.03. The van der Waals surface area contributed by atoms with Crippen molar-refractivity contribution in [2.45, 2.75) is 24.0 Å². The molecule has 1 N–H and O–H groups in total. The van der Waals surface area contributed by atoms with Crippen LogP contribution in [0.3, 0.4) is 0 Å². The SMILES string of the molecule is CC(C)S(=O)(=O)c1ccc(C(=O)Nc2ccc(Br)cc2Br)cc1. The third kappa shape index (κ3) is 4.22. The molecule has 0 atom stereocenters. The summed E-state index contributed by atoms with van der Waals surface area (Å²) in [6.07, 6.45) is 0. The van der Waals surface area contributed by atoms with Gasteiger partial charge in [0.2, 0.25) is 0 Å². The Bertz CT molecular complexity index is 831. The molecule has 0 saturated carbocycles. The van der Waals surface area contributed by atoms with Crippen LogP contribution in [0, 0.1) is 0 Å². The summed E-state index contributed by atoms with van der Waals surface area (Å²) in [5, 5.41) is 2.28. The molecule has 0 aromatic heterocycles. The number of amides is 1. The first-order valence-corrected chi connectivity index (χ1v) is 9.95. The third-order valence-corrected chi connectivity index (χ3v) is 6.56. The topological polar surface area (TPSA) is 63.2 Å². The monoisotopic (exact) mass is 459 g/mol. The fraction of sp³-hybridized carbons (Fsp3) is 0.188. The number of sulfone groups is 1. The van der Waals surface area contributed by atoms with E-state index in [9.17, 15) is 13.2 Å². The molecule has 122 valence electrons. The van der Waals surface area contributed by atoms with Gasteiger partial charge in [-0.25, -0.2) is 8.42 Å². The van der Waals surface area contributed by atoms with Crippen LogP contribution < -0.4 is 5.32 Å². The quantitative estimate of drug-likeness (QED) is 0.722. The second-order valence-corrected chi connectivity index (χ2v) is 9.47. The van der Waals surface area contributed by atoms with Crippen molar-refractivity contribution >= 4 is 53.3 Å². The Balaban J connectivity index is 2.21. The Hall–Kier alpha value is -1.18. The van der Waals surface area contributed by atoms with E-state index in [1.165, 1.54) is 24.3 Å². The first-order valence-electron chi connectivity index (χ1n) is 6.82. The number of hydrogen-bond acceptors (Lipinski definition) is 3. The average Bonchev–Trinajstić information content (AvgIpc) is 2.50. The molecule has 2 aromatic carbocycles. The lowest BCUT2D eigenvalue weighted by Gasteiger charge is -2.10. The Morgan fingerprint density at radius 3 is 2.17 bits per heavy atom. The fourth-order valence-electron chi connectivity index (χ4n) is 1.85. The van der Waals surface area contributed by atoms with Crippen molar-refractivity contribution in [3.63, 3.8) is 0 Å². The van der Waals surface area contributed by atoms with Crippen LogP contribution in [0.15, 0.2) is 56.3 Å². The normalized spacial score (nSPS) is 11.5. The van der Waals surface area contributed by atoms with Crippen LogP contribution in [-0.2, 0) is 9.84 Å². The molecule has 0 bridgehead atoms. The van der Waals surface area contributed by atoms with E-state index in [2.05, 4.69) is 37.2 Å². The third-order valence-electron chi connectivity index (χ3n) is 3.24. The highest BCUT2D eigenvalue weighted by atomic mass is 79.9. The molecular formula is C16H15Br2NO3S. The van der Waals surface area contributed by atoms with Crippen molar-refractivity contribution in [2.24, 2.45) is 0 Å². The molecule has 7 heteroatoms. The number of carbonyl (C=O) groups is 1. The molecule has 0 radical (unpaired) electrons. The molecule has 0 aliphatic rings. The molecule has 0 fully saturated rings. The highest BCUT2D eigenvalue weighted by Crippen LogP contribution is 2.26. The number of rotatable bonds is 4. The molecule has 0 aliphatic carbocycles. The maximum atomic E-state index is 12.3. The molecule has 0 unspecified atom stereocenters. The van der Waals surface area contributed by atoms with Gasteiger partial charge in [0.25, 0.3) is 5.91 Å². The molecule has 2 rings (SSSR count). The first kappa shape index (κ1) is 18.2. The highest BCUT2D eigenvalue weighted by molar-refractivity contribution is 9.11. The van der Waals surface area contributed by atoms with Gasteiger partial charge in [-0.1, -0.05) is 15.9 Å². The van der Waals surface area contributed by atoms with E-state index in [0.717, 1.165) is 8.95 Å². The van der Waals surface area contributed by atoms with E-state index in [0.29, 0.717) is 11.3 Å². The molecule has 4 nitrogen and oxygen atoms in total. The van der Waals surface area contributed by atoms with Crippen LogP contribution in [0.4, 0.5) is 5.69 Å². The number of halogens is 2. The maximum absolute atomic E-state index is 12.3. The van der Waals surface area contributed by atoms with Crippen LogP contribution in [0.5, 0.6) is 0 Å². The van der Waals surface area contributed by atoms with Gasteiger partial charge in [-0.15, -0.1) is 0 Å². The summed E-state index contributed by atoms with van der Waals surface area (Å²) in [6, 6.07) is 11.4. The molecular weight excluding hydrogens is 446 g/mol. The predicted molar refractivity (Wildman–Crippen MR) is 98.6 cm³/mol. The molecule has 0 aliphatic heterocycles. The zero-order valence-corrected chi connectivity index (χ0v) is 16.5. The maximum Gasteiger partial charge on any atom is 0.255 e. The minimum atomic E-state index is -3.33. The summed E-state index contributed by atoms with van der Waals surface area (Å²) in [4.78, 5) is 12.5. The molecule has 0 saturated heterocycles. The highest BCUT2D eigenvalue weighted by Gasteiger charge is 2.19. The molecule has 1 amide bonds. The minimum Gasteiger partial charge on any atom is -0.321 e. The molecule has 23 heavy (non-hydrogen) atoms. The summed E-state index contributed by atoms with van der Waals surface area (Å²) in [5.74, 6) is -0.304. The van der Waals surface area contributed by atoms with E-state index in [-0.39, 0.29) is 10.8 Å². The standard InChI is InChI=1S/C16H15Br2NO3S/c1-10(2)23(21,22)13-6-3-11(4-7-13)16(20)19-15-8-5-12(17)9-14(15)18/h3-10H,1-2H3,(H,19,20). The number of hydrogen-bond donors (Lipinski definition) is 1. The zero-order chi connectivity index (χ0) is 17.2. The van der Waals surface area contributed by atoms with Gasteiger partial charge in [0, 0.05) is 14.5 Å². The van der Waals surface area contributed by atoms with Gasteiger partial charge in [0.05, 0.1) is 15.8 Å². The van der Waals surface area contributed by atoms with E-state index in [1.807, 2.05) is 12.1 Å². The Morgan fingerprint density at radius 1 is 1.04 bits per heavy atom. The summed E-state index contributed by atoms with van der Waals surface area (Å²) < 4.78 is 25.8. The van der Waals surface area contributed by atoms with Gasteiger partial charge >= 0.3 is 0 Å². The Kier molecular flexibility index (Phi) is 5.65. The van der Waals surface area contributed by atoms with E-state index < -0.39 is 15.1 Å². The van der Waals surface area contributed by atoms with Crippen LogP contribution >= 0.6 is 31.9 Å². The van der Waals surface area contributed by atoms with E-state index >= 15 is 0 Å². The zero-order valence-electron chi connectivity index (χ0n) is 12.5. The lowest BCUT2D eigenvalue weighted by Crippen LogP contribution is -2.15. The molecule has 2 aromatic rings. The van der Waals surface area contributed by atoms with Crippen LogP contribution in [0.25, 0.3) is 0 Å². The lowest BCUT2D eigenvalue weighted by atomic mass is 10.2. The second kappa shape index (κ2) is 7.15. The van der Waals surface area contributed by atoms with Crippen molar-refractivity contribution < 1.29 is 13.2 Å². The van der Waals surface area contributed by atoms with Crippen LogP contribution in [0.1, 0.15) is 24.2 Å². The lowest BCUT2D eigenvalue weighted by molar-refractivity contribution is 0.102. The average molecular weight is 461 g/mol. The van der Waals surface area contributed by atoms with Gasteiger partial charge in [0.15, 0.2) is 9.84 Å². The van der Waals surface area contributed by atoms with E-state index in [1.54, 1.807) is 19.9 Å². The summed E-state index contributed by atoms with van der Waals surface area (Å²) in [7, 11) is -3.33. The number of carbonyl (C=O) groups excluding carboxylic acids is 1. The number of nitrogens with one attached hydrogen (secondary N) is 1. The summed E-state index contributed by atoms with van der Waals surface area (Å²) >= 11 is 6.72. The second-order valence-electron chi connectivity index (χ2n) is 5.20. The first-order chi connectivity index (χ1) is 10.7. The van der Waals surface area contributed by atoms with Gasteiger partial charge in [-0.3, -0.25) is 4.79 Å². The minimum absolute atomic E-state index is 0.217. The van der Waals surface area contributed by atoms with Gasteiger partial charge in [-0.2, -0.15) is 0 Å². The largest absolute Gasteiger partial charge is 0.321 e. The van der Waals surface area contributed by atoms with Crippen molar-refractivity contribution in [1.29, 1.82) is 0 Å². The fourth-order valence-corrected chi connectivity index (χ4v) is 4.06. The summed E-state index contributed by atoms with van der Waals surface area (Å²) in [6.45, 7) is 3.25. The smallest absolute Gasteiger partial charge is 0.255 e. The number of benzene rings is 2. The molecule has 0 heterocycles. The van der Waals surface area contributed by atoms with Gasteiger partial charge in [0.1, 0.15) is 0 Å². The van der Waals surface area contributed by atoms with Gasteiger partial charge in [-0.05, 0) is 72.2 Å². The van der Waals surface area contributed by atoms with E-state index in [4.69, 9.17) is 0 Å². The van der Waals surface area contributed by atoms with Gasteiger partial charge < -0.3 is 5.32 Å². The van der Waals surface area contributed by atoms with Crippen molar-refractivity contribution in [3.05, 3.63) is 57.0 Å². The van der Waals surface area contributed by atoms with Crippen LogP contribution in [0.2, 0.25) is 0 Å². The van der Waals surface area contributed by atoms with Crippen molar-refractivity contribution in [2.75, 3.05) is 5.32 Å². The van der Waals surface area contributed by atoms with Crippen LogP contribution in [-0.4, -0.2) is 19.6 Å². The Morgan fingerprint density at radius 2 is 1.65 bits per heavy atom. The molecule has 0 spiro atoms. The van der Waals surface area contributed by atoms with Crippen molar-refractivity contribution in [3.8, 4) is 0 Å². The number of anilines is 1. The predicted octanol–water partition coefficient (Wildman–Crippen LogP) is 4.65. The Labute approximate surface area is 152 Å².